The molecule has 0 atom stereocenters. The van der Waals surface area contributed by atoms with Crippen molar-refractivity contribution in [3.63, 3.8) is 0 Å². The average molecular weight is 591 g/mol. The maximum atomic E-state index is 11.6. The summed E-state index contributed by atoms with van der Waals surface area (Å²) in [7, 11) is 0. The Kier molecular flexibility index (Phi) is 39.9. The monoisotopic (exact) mass is 591 g/mol. The number of nitrogens with two attached hydrogens (primary N) is 1. The van der Waals surface area contributed by atoms with Crippen LogP contribution in [-0.2, 0) is 9.59 Å². The third kappa shape index (κ3) is 42.9. The van der Waals surface area contributed by atoms with E-state index in [1.54, 1.807) is 0 Å². The highest BCUT2D eigenvalue weighted by atomic mass is 16.1. The molecule has 4 nitrogen and oxygen atoms in total. The van der Waals surface area contributed by atoms with Gasteiger partial charge >= 0.3 is 0 Å². The third-order valence-electron chi connectivity index (χ3n) is 7.73. The number of allylic oxidation sites excluding steroid dienone is 4. The highest BCUT2D eigenvalue weighted by Gasteiger charge is 2.00. The summed E-state index contributed by atoms with van der Waals surface area (Å²) in [5, 5.41) is 3.04. The van der Waals surface area contributed by atoms with Crippen LogP contribution < -0.4 is 11.1 Å². The second-order valence-electron chi connectivity index (χ2n) is 12.1. The lowest BCUT2D eigenvalue weighted by Gasteiger charge is -2.05. The Morgan fingerprint density at radius 2 is 0.857 bits per heavy atom. The summed E-state index contributed by atoms with van der Waals surface area (Å²) in [6.45, 7) is 7.60. The van der Waals surface area contributed by atoms with Gasteiger partial charge in [-0.1, -0.05) is 161 Å². The Bertz CT molecular complexity index is 600. The first kappa shape index (κ1) is 42.6. The Morgan fingerprint density at radius 1 is 0.476 bits per heavy atom. The molecular formula is C38H74N2O2. The standard InChI is InChI=1S/C20H41NO.C18H33NO/c1-3-5-7-9-10-11-12-13-14-15-16-18-20(22)21-19-17-8-6-4-2;1-2-3-4-5-6-7-8-9-10-11-12-13-14-15-16-17-18(19)20/h3-19H2,1-2H3,(H,21,22);6-7,9-10H,2-5,8,11-17H2,1H3,(H2,19,20)/b;7-6-,10-9-. The van der Waals surface area contributed by atoms with Gasteiger partial charge in [0.15, 0.2) is 0 Å². The molecule has 0 fully saturated rings. The second kappa shape index (κ2) is 39.4. The van der Waals surface area contributed by atoms with Gasteiger partial charge in [0.05, 0.1) is 0 Å². The van der Waals surface area contributed by atoms with Crippen LogP contribution in [0.25, 0.3) is 0 Å². The van der Waals surface area contributed by atoms with Crippen LogP contribution in [0.15, 0.2) is 24.3 Å². The van der Waals surface area contributed by atoms with Gasteiger partial charge in [0.25, 0.3) is 0 Å². The first-order valence-electron chi connectivity index (χ1n) is 18.4. The van der Waals surface area contributed by atoms with Crippen molar-refractivity contribution >= 4 is 11.8 Å². The van der Waals surface area contributed by atoms with Crippen LogP contribution in [0.2, 0.25) is 0 Å². The zero-order valence-corrected chi connectivity index (χ0v) is 28.7. The van der Waals surface area contributed by atoms with E-state index < -0.39 is 0 Å². The molecule has 0 rings (SSSR count). The molecule has 42 heavy (non-hydrogen) atoms. The van der Waals surface area contributed by atoms with Crippen LogP contribution in [0.1, 0.15) is 201 Å². The number of nitrogens with one attached hydrogen (secondary N) is 1. The molecule has 0 aliphatic carbocycles. The number of unbranched alkanes of at least 4 members (excludes halogenated alkanes) is 21. The van der Waals surface area contributed by atoms with Crippen molar-refractivity contribution < 1.29 is 9.59 Å². The largest absolute Gasteiger partial charge is 0.370 e. The highest BCUT2D eigenvalue weighted by Crippen LogP contribution is 2.12. The number of primary amides is 1. The lowest BCUT2D eigenvalue weighted by atomic mass is 10.1. The van der Waals surface area contributed by atoms with Gasteiger partial charge < -0.3 is 11.1 Å². The average Bonchev–Trinajstić information content (AvgIpc) is 2.98. The Hall–Kier alpha value is -1.58. The van der Waals surface area contributed by atoms with Gasteiger partial charge in [-0.25, -0.2) is 0 Å². The number of hydrogen-bond donors (Lipinski definition) is 2. The molecule has 2 amide bonds. The normalized spacial score (nSPS) is 11.2. The van der Waals surface area contributed by atoms with Crippen molar-refractivity contribution in [2.24, 2.45) is 5.73 Å². The first-order chi connectivity index (χ1) is 20.6. The second-order valence-corrected chi connectivity index (χ2v) is 12.1. The van der Waals surface area contributed by atoms with Crippen molar-refractivity contribution in [2.75, 3.05) is 6.54 Å². The molecular weight excluding hydrogens is 516 g/mol. The van der Waals surface area contributed by atoms with Crippen LogP contribution in [0.3, 0.4) is 0 Å². The van der Waals surface area contributed by atoms with Gasteiger partial charge in [-0.15, -0.1) is 0 Å². The quantitative estimate of drug-likeness (QED) is 0.0622. The molecule has 0 heterocycles. The molecule has 0 aliphatic rings. The minimum atomic E-state index is -0.171. The maximum Gasteiger partial charge on any atom is 0.219 e. The lowest BCUT2D eigenvalue weighted by Crippen LogP contribution is -2.23. The zero-order chi connectivity index (χ0) is 31.2. The van der Waals surface area contributed by atoms with Crippen molar-refractivity contribution in [3.05, 3.63) is 24.3 Å². The molecule has 0 aromatic carbocycles. The minimum Gasteiger partial charge on any atom is -0.370 e. The summed E-state index contributed by atoms with van der Waals surface area (Å²) in [6.07, 6.45) is 43.4. The molecule has 0 aliphatic heterocycles. The van der Waals surface area contributed by atoms with E-state index >= 15 is 0 Å². The van der Waals surface area contributed by atoms with E-state index in [4.69, 9.17) is 5.73 Å². The molecule has 248 valence electrons. The molecule has 0 bridgehead atoms. The smallest absolute Gasteiger partial charge is 0.219 e. The third-order valence-corrected chi connectivity index (χ3v) is 7.73. The summed E-state index contributed by atoms with van der Waals surface area (Å²) < 4.78 is 0. The molecule has 0 unspecified atom stereocenters. The molecule has 3 N–H and O–H groups in total. The summed E-state index contributed by atoms with van der Waals surface area (Å²) in [4.78, 5) is 22.2. The number of rotatable bonds is 31. The Balaban J connectivity index is 0. The van der Waals surface area contributed by atoms with E-state index in [2.05, 4.69) is 50.4 Å². The summed E-state index contributed by atoms with van der Waals surface area (Å²) in [6, 6.07) is 0. The van der Waals surface area contributed by atoms with E-state index in [9.17, 15) is 9.59 Å². The van der Waals surface area contributed by atoms with Gasteiger partial charge in [-0.2, -0.15) is 0 Å². The van der Waals surface area contributed by atoms with Gasteiger partial charge in [-0.05, 0) is 51.4 Å². The fraction of sp³-hybridized carbons (Fsp3) is 0.842. The molecule has 0 spiro atoms. The lowest BCUT2D eigenvalue weighted by molar-refractivity contribution is -0.121. The highest BCUT2D eigenvalue weighted by molar-refractivity contribution is 5.75. The fourth-order valence-electron chi connectivity index (χ4n) is 4.93. The summed E-state index contributed by atoms with van der Waals surface area (Å²) in [5.74, 6) is 0.0862. The maximum absolute atomic E-state index is 11.6. The van der Waals surface area contributed by atoms with Gasteiger partial charge in [0, 0.05) is 19.4 Å². The molecule has 0 saturated heterocycles. The van der Waals surface area contributed by atoms with Gasteiger partial charge in [-0.3, -0.25) is 9.59 Å². The van der Waals surface area contributed by atoms with Crippen LogP contribution >= 0.6 is 0 Å². The van der Waals surface area contributed by atoms with Crippen molar-refractivity contribution in [2.45, 2.75) is 201 Å². The minimum absolute atomic E-state index is 0.171. The zero-order valence-electron chi connectivity index (χ0n) is 28.7. The number of hydrogen-bond acceptors (Lipinski definition) is 2. The van der Waals surface area contributed by atoms with E-state index in [1.165, 1.54) is 135 Å². The van der Waals surface area contributed by atoms with E-state index in [0.29, 0.717) is 6.42 Å². The number of carbonyl (C=O) groups excluding carboxylic acids is 2. The van der Waals surface area contributed by atoms with Crippen LogP contribution in [0, 0.1) is 0 Å². The summed E-state index contributed by atoms with van der Waals surface area (Å²) >= 11 is 0. The van der Waals surface area contributed by atoms with Crippen LogP contribution in [0.4, 0.5) is 0 Å². The fourth-order valence-corrected chi connectivity index (χ4v) is 4.93. The van der Waals surface area contributed by atoms with Crippen LogP contribution in [-0.4, -0.2) is 18.4 Å². The SMILES string of the molecule is CCCCC/C=C\C/C=C\CCCCCCCC(N)=O.CCCCCCCCCCCCCC(=O)NCCCCCC. The predicted molar refractivity (Wildman–Crippen MR) is 187 cm³/mol. The van der Waals surface area contributed by atoms with E-state index in [1.807, 2.05) is 0 Å². The van der Waals surface area contributed by atoms with E-state index in [0.717, 1.165) is 45.1 Å². The number of carbonyl (C=O) groups is 2. The Morgan fingerprint density at radius 3 is 1.36 bits per heavy atom. The van der Waals surface area contributed by atoms with Crippen molar-refractivity contribution in [1.82, 2.24) is 5.32 Å². The number of amides is 2. The Labute approximate surface area is 263 Å². The molecule has 0 radical (unpaired) electrons. The first-order valence-corrected chi connectivity index (χ1v) is 18.4. The van der Waals surface area contributed by atoms with Crippen molar-refractivity contribution in [1.29, 1.82) is 0 Å². The molecule has 0 aromatic heterocycles. The summed E-state index contributed by atoms with van der Waals surface area (Å²) in [5.41, 5.74) is 5.09. The van der Waals surface area contributed by atoms with Gasteiger partial charge in [0.2, 0.25) is 11.8 Å². The van der Waals surface area contributed by atoms with Gasteiger partial charge in [0.1, 0.15) is 0 Å². The van der Waals surface area contributed by atoms with Crippen LogP contribution in [0.5, 0.6) is 0 Å². The molecule has 4 heteroatoms. The van der Waals surface area contributed by atoms with E-state index in [-0.39, 0.29) is 11.8 Å². The molecule has 0 saturated carbocycles. The molecule has 0 aromatic rings. The van der Waals surface area contributed by atoms with Crippen molar-refractivity contribution in [3.8, 4) is 0 Å². The predicted octanol–water partition coefficient (Wildman–Crippen LogP) is 11.7. The topological polar surface area (TPSA) is 72.2 Å².